The molecule has 1 N–H and O–H groups in total. The number of nitrogens with zero attached hydrogens (tertiary/aromatic N) is 4. The van der Waals surface area contributed by atoms with Gasteiger partial charge in [-0.1, -0.05) is 98.4 Å². The maximum atomic E-state index is 14.3. The van der Waals surface area contributed by atoms with Crippen molar-refractivity contribution in [2.24, 2.45) is 23.7 Å². The number of methoxy groups -OCH3 is 1. The molecule has 2 aliphatic heterocycles. The Labute approximate surface area is 341 Å². The van der Waals surface area contributed by atoms with Gasteiger partial charge in [-0.2, -0.15) is 11.4 Å². The minimum atomic E-state index is -1.41. The summed E-state index contributed by atoms with van der Waals surface area (Å²) >= 11 is 0. The van der Waals surface area contributed by atoms with Gasteiger partial charge in [0.15, 0.2) is 12.1 Å². The summed E-state index contributed by atoms with van der Waals surface area (Å²) in [5.41, 5.74) is 11.1. The number of allylic oxidation sites excluding steroid dienone is 3. The van der Waals surface area contributed by atoms with E-state index in [0.29, 0.717) is 40.6 Å². The van der Waals surface area contributed by atoms with E-state index < -0.39 is 12.2 Å². The summed E-state index contributed by atoms with van der Waals surface area (Å²) in [7, 11) is 1.39. The topological polar surface area (TPSA) is 129 Å². The van der Waals surface area contributed by atoms with E-state index in [0.717, 1.165) is 74.9 Å². The fraction of sp³-hybridized carbons (Fsp3) is 0.467. The molecule has 0 amide bonds. The van der Waals surface area contributed by atoms with Crippen LogP contribution >= 0.6 is 0 Å². The van der Waals surface area contributed by atoms with Gasteiger partial charge in [0, 0.05) is 19.1 Å². The Morgan fingerprint density at radius 1 is 1.00 bits per heavy atom. The summed E-state index contributed by atoms with van der Waals surface area (Å²) in [6.45, 7) is 21.1. The van der Waals surface area contributed by atoms with E-state index in [-0.39, 0.29) is 59.7 Å². The quantitative estimate of drug-likeness (QED) is 0.0902. The molecule has 0 spiro atoms. The predicted molar refractivity (Wildman–Crippen MR) is 219 cm³/mol. The third-order valence-electron chi connectivity index (χ3n) is 11.6. The molecule has 0 saturated carbocycles. The average molecular weight is 755 g/mol. The molecule has 6 rings (SSSR count). The van der Waals surface area contributed by atoms with Gasteiger partial charge < -0.3 is 34.8 Å². The first-order valence-electron chi connectivity index (χ1n) is 19.4. The monoisotopic (exact) mass is 754 g/mol. The molecule has 55 heavy (non-hydrogen) atoms. The SMILES string of the molecule is C=Cc1c2[n-]c(c1C)/C=C1\[N-]/C(=C3\c4[n-]c(c(C)c4C(=O)[C@@H]3C(O)OC)/C=c3\[n-]/c(c(C)c3CC)=C\2)[C@@H](CCC(=O)OC/C=C(\C)CCCC(C)C)[C@@H]1C.[Mg+2]. The average Bonchev–Trinajstić information content (AvgIpc) is 3.87. The Kier molecular flexibility index (Phi) is 13.5. The molecule has 0 radical (unpaired) electrons. The zero-order valence-electron chi connectivity index (χ0n) is 34.0. The normalized spacial score (nSPS) is 23.0. The molecule has 4 atom stereocenters. The largest absolute Gasteiger partial charge is 2.00 e. The summed E-state index contributed by atoms with van der Waals surface area (Å²) in [6.07, 6.45) is 13.0. The van der Waals surface area contributed by atoms with Crippen LogP contribution < -0.4 is 25.7 Å². The Hall–Kier alpha value is -3.83. The van der Waals surface area contributed by atoms with E-state index in [2.05, 4.69) is 48.1 Å². The number of carbonyl (C=O) groups excluding carboxylic acids is 2. The van der Waals surface area contributed by atoms with Crippen LogP contribution in [0, 0.1) is 44.4 Å². The third kappa shape index (κ3) is 8.20. The van der Waals surface area contributed by atoms with Crippen molar-refractivity contribution in [3.63, 3.8) is 0 Å². The first kappa shape index (κ1) is 42.3. The number of fused-ring (bicyclic) bond motifs is 7. The summed E-state index contributed by atoms with van der Waals surface area (Å²) in [5.74, 6) is -1.33. The number of carbonyl (C=O) groups is 2. The van der Waals surface area contributed by atoms with E-state index in [9.17, 15) is 14.7 Å². The minimum Gasteiger partial charge on any atom is -0.664 e. The molecule has 5 heterocycles. The van der Waals surface area contributed by atoms with Crippen molar-refractivity contribution in [3.8, 4) is 0 Å². The van der Waals surface area contributed by atoms with E-state index in [1.807, 2.05) is 44.2 Å². The maximum absolute atomic E-state index is 14.3. The number of ketones is 1. The standard InChI is InChI=1S/C45H55N4O5.Mg/c1-11-29-25(6)32-20-34-27(8)31(16-17-38(50)54-19-18-24(5)15-13-14-23(3)4)42(48-34)40-41(45(52)53-10)44(51)39-28(9)35(49-43(39)40)22-37-30(12-2)26(7)33(47-37)21-36(29)46-32;/h11,18,20-23,27,31,41,45,52H,1,12-17,19H2,2-10H3,(H-,48,49,51);/q-3;+2/p-1/b24-18+,33-21-,34-20-,37-22-;/t27-,31-,41+,45?;/m0./s1. The van der Waals surface area contributed by atoms with Gasteiger partial charge in [-0.3, -0.25) is 9.59 Å². The maximum Gasteiger partial charge on any atom is 2.00 e. The number of aliphatic hydroxyl groups excluding tert-OH is 1. The Morgan fingerprint density at radius 3 is 2.38 bits per heavy atom. The number of Topliss-reactive ketones (excluding diaryl/α,β-unsaturated/α-hetero) is 1. The Bertz CT molecular complexity index is 2190. The van der Waals surface area contributed by atoms with Crippen LogP contribution in [0.15, 0.2) is 29.6 Å². The van der Waals surface area contributed by atoms with Gasteiger partial charge in [-0.05, 0) is 82.8 Å². The molecule has 1 saturated heterocycles. The number of ether oxygens (including phenoxy) is 2. The molecule has 10 heteroatoms. The molecule has 3 aliphatic rings. The van der Waals surface area contributed by atoms with E-state index >= 15 is 0 Å². The number of aromatic nitrogens is 3. The fourth-order valence-corrected chi connectivity index (χ4v) is 8.26. The zero-order valence-corrected chi connectivity index (χ0v) is 35.4. The van der Waals surface area contributed by atoms with Crippen LogP contribution in [0.2, 0.25) is 0 Å². The number of aliphatic hydroxyl groups is 1. The van der Waals surface area contributed by atoms with Gasteiger partial charge in [0.05, 0.1) is 5.92 Å². The van der Waals surface area contributed by atoms with Crippen LogP contribution in [0.5, 0.6) is 0 Å². The molecule has 1 unspecified atom stereocenters. The molecular weight excluding hydrogens is 701 g/mol. The summed E-state index contributed by atoms with van der Waals surface area (Å²) < 4.78 is 11.1. The first-order chi connectivity index (χ1) is 25.8. The molecule has 1 aliphatic carbocycles. The number of hydrogen-bond donors (Lipinski definition) is 1. The van der Waals surface area contributed by atoms with Crippen molar-refractivity contribution in [1.82, 2.24) is 15.0 Å². The smallest absolute Gasteiger partial charge is 0.664 e. The molecule has 9 nitrogen and oxygen atoms in total. The molecule has 3 aromatic heterocycles. The fourth-order valence-electron chi connectivity index (χ4n) is 8.26. The summed E-state index contributed by atoms with van der Waals surface area (Å²) in [5, 5.41) is 18.1. The van der Waals surface area contributed by atoms with Gasteiger partial charge in [0.1, 0.15) is 6.61 Å². The first-order valence-corrected chi connectivity index (χ1v) is 19.4. The zero-order chi connectivity index (χ0) is 39.0. The van der Waals surface area contributed by atoms with Crippen LogP contribution in [0.3, 0.4) is 0 Å². The molecule has 288 valence electrons. The van der Waals surface area contributed by atoms with Crippen molar-refractivity contribution in [2.75, 3.05) is 13.7 Å². The van der Waals surface area contributed by atoms with Crippen molar-refractivity contribution in [1.29, 1.82) is 0 Å². The van der Waals surface area contributed by atoms with Gasteiger partial charge in [-0.25, -0.2) is 0 Å². The van der Waals surface area contributed by atoms with Crippen LogP contribution in [0.25, 0.3) is 35.2 Å². The number of hydrogen-bond acceptors (Lipinski definition) is 5. The van der Waals surface area contributed by atoms with Crippen molar-refractivity contribution >= 4 is 64.7 Å². The van der Waals surface area contributed by atoms with Crippen molar-refractivity contribution < 1.29 is 24.2 Å². The van der Waals surface area contributed by atoms with Crippen LogP contribution in [-0.4, -0.2) is 59.9 Å². The van der Waals surface area contributed by atoms with E-state index in [4.69, 9.17) is 29.7 Å². The van der Waals surface area contributed by atoms with Gasteiger partial charge >= 0.3 is 29.0 Å². The van der Waals surface area contributed by atoms with Crippen molar-refractivity contribution in [2.45, 2.75) is 100 Å². The summed E-state index contributed by atoms with van der Waals surface area (Å²) in [4.78, 5) is 42.7. The number of esters is 1. The minimum absolute atomic E-state index is 0. The van der Waals surface area contributed by atoms with Crippen LogP contribution in [0.4, 0.5) is 0 Å². The van der Waals surface area contributed by atoms with E-state index in [1.54, 1.807) is 0 Å². The molecule has 3 aromatic rings. The van der Waals surface area contributed by atoms with Gasteiger partial charge in [-0.15, -0.1) is 33.5 Å². The Morgan fingerprint density at radius 2 is 1.71 bits per heavy atom. The van der Waals surface area contributed by atoms with Crippen LogP contribution in [0.1, 0.15) is 128 Å². The second-order valence-corrected chi connectivity index (χ2v) is 15.5. The Balaban J connectivity index is 0.00000580. The molecular formula is C45H54MgN4O5-2. The van der Waals surface area contributed by atoms with Gasteiger partial charge in [0.2, 0.25) is 0 Å². The molecule has 8 bridgehead atoms. The number of rotatable bonds is 13. The predicted octanol–water partition coefficient (Wildman–Crippen LogP) is 6.54. The molecule has 0 aromatic carbocycles. The second-order valence-electron chi connectivity index (χ2n) is 15.5. The van der Waals surface area contributed by atoms with Crippen LogP contribution in [-0.2, 0) is 20.7 Å². The molecule has 1 fully saturated rings. The third-order valence-corrected chi connectivity index (χ3v) is 11.6. The van der Waals surface area contributed by atoms with Crippen molar-refractivity contribution in [3.05, 3.63) is 102 Å². The second kappa shape index (κ2) is 17.5. The summed E-state index contributed by atoms with van der Waals surface area (Å²) in [6, 6.07) is 0. The van der Waals surface area contributed by atoms with Gasteiger partial charge in [0.25, 0.3) is 0 Å². The van der Waals surface area contributed by atoms with E-state index in [1.165, 1.54) is 19.1 Å².